The van der Waals surface area contributed by atoms with Crippen molar-refractivity contribution < 1.29 is 23.1 Å². The van der Waals surface area contributed by atoms with E-state index in [9.17, 15) is 13.2 Å². The average Bonchev–Trinajstić information content (AvgIpc) is 2.35. The van der Waals surface area contributed by atoms with Crippen molar-refractivity contribution in [1.82, 2.24) is 0 Å². The van der Waals surface area contributed by atoms with Gasteiger partial charge in [0.2, 0.25) is 0 Å². The zero-order valence-corrected chi connectivity index (χ0v) is 10.7. The van der Waals surface area contributed by atoms with Gasteiger partial charge in [0.15, 0.2) is 0 Å². The van der Waals surface area contributed by atoms with Gasteiger partial charge in [-0.2, -0.15) is 13.2 Å². The van der Waals surface area contributed by atoms with Crippen LogP contribution in [0.5, 0.6) is 5.75 Å². The number of benzene rings is 1. The molecule has 0 radical (unpaired) electrons. The van der Waals surface area contributed by atoms with Crippen molar-refractivity contribution in [2.24, 2.45) is 10.9 Å². The SMILES string of the molecule is N/C(Cc1ccc(OCCSC(F)(F)F)cc1)=N/O. The largest absolute Gasteiger partial charge is 0.493 e. The number of rotatable bonds is 6. The summed E-state index contributed by atoms with van der Waals surface area (Å²) >= 11 is -0.118. The normalized spacial score (nSPS) is 12.5. The van der Waals surface area contributed by atoms with Gasteiger partial charge in [-0.3, -0.25) is 0 Å². The summed E-state index contributed by atoms with van der Waals surface area (Å²) in [5.41, 5.74) is 1.93. The highest BCUT2D eigenvalue weighted by molar-refractivity contribution is 8.00. The maximum absolute atomic E-state index is 11.9. The van der Waals surface area contributed by atoms with Crippen LogP contribution in [0.3, 0.4) is 0 Å². The van der Waals surface area contributed by atoms with Crippen molar-refractivity contribution in [3.63, 3.8) is 0 Å². The van der Waals surface area contributed by atoms with Gasteiger partial charge in [0.05, 0.1) is 6.61 Å². The Morgan fingerprint density at radius 2 is 1.95 bits per heavy atom. The number of nitrogens with zero attached hydrogens (tertiary/aromatic N) is 1. The van der Waals surface area contributed by atoms with Gasteiger partial charge < -0.3 is 15.7 Å². The fraction of sp³-hybridized carbons (Fsp3) is 0.364. The van der Waals surface area contributed by atoms with Crippen molar-refractivity contribution in [3.8, 4) is 5.75 Å². The summed E-state index contributed by atoms with van der Waals surface area (Å²) in [5.74, 6) is 0.399. The molecule has 19 heavy (non-hydrogen) atoms. The molecule has 0 saturated heterocycles. The molecule has 1 rings (SSSR count). The number of nitrogens with two attached hydrogens (primary N) is 1. The third-order valence-electron chi connectivity index (χ3n) is 2.05. The second kappa shape index (κ2) is 7.13. The Bertz CT molecular complexity index is 421. The van der Waals surface area contributed by atoms with E-state index in [0.717, 1.165) is 5.56 Å². The molecule has 0 heterocycles. The maximum Gasteiger partial charge on any atom is 0.441 e. The first-order valence-electron chi connectivity index (χ1n) is 5.29. The highest BCUT2D eigenvalue weighted by Crippen LogP contribution is 2.29. The van der Waals surface area contributed by atoms with Crippen LogP contribution < -0.4 is 10.5 Å². The molecule has 0 saturated carbocycles. The van der Waals surface area contributed by atoms with E-state index in [-0.39, 0.29) is 30.0 Å². The van der Waals surface area contributed by atoms with Gasteiger partial charge in [-0.15, -0.1) is 0 Å². The molecular weight excluding hydrogens is 281 g/mol. The number of hydrogen-bond acceptors (Lipinski definition) is 4. The monoisotopic (exact) mass is 294 g/mol. The molecule has 0 aliphatic heterocycles. The molecule has 0 atom stereocenters. The van der Waals surface area contributed by atoms with Crippen LogP contribution in [0.25, 0.3) is 0 Å². The molecule has 4 nitrogen and oxygen atoms in total. The first-order chi connectivity index (χ1) is 8.90. The summed E-state index contributed by atoms with van der Waals surface area (Å²) in [5, 5.41) is 11.2. The molecule has 0 fully saturated rings. The smallest absolute Gasteiger partial charge is 0.441 e. The van der Waals surface area contributed by atoms with E-state index < -0.39 is 5.51 Å². The molecule has 0 amide bonds. The predicted octanol–water partition coefficient (Wildman–Crippen LogP) is 2.61. The Labute approximate surface area is 112 Å². The van der Waals surface area contributed by atoms with E-state index in [4.69, 9.17) is 15.7 Å². The van der Waals surface area contributed by atoms with Crippen LogP contribution in [0.2, 0.25) is 0 Å². The number of amidine groups is 1. The number of hydrogen-bond donors (Lipinski definition) is 2. The highest BCUT2D eigenvalue weighted by Gasteiger charge is 2.27. The Morgan fingerprint density at radius 3 is 2.47 bits per heavy atom. The molecule has 0 bridgehead atoms. The summed E-state index contributed by atoms with van der Waals surface area (Å²) in [7, 11) is 0. The van der Waals surface area contributed by atoms with Crippen LogP contribution in [0, 0.1) is 0 Å². The number of halogens is 3. The molecule has 0 unspecified atom stereocenters. The van der Waals surface area contributed by atoms with Gasteiger partial charge >= 0.3 is 5.51 Å². The molecule has 3 N–H and O–H groups in total. The van der Waals surface area contributed by atoms with Crippen LogP contribution in [-0.2, 0) is 6.42 Å². The van der Waals surface area contributed by atoms with E-state index in [1.54, 1.807) is 24.3 Å². The van der Waals surface area contributed by atoms with Crippen molar-refractivity contribution >= 4 is 17.6 Å². The third kappa shape index (κ3) is 6.80. The lowest BCUT2D eigenvalue weighted by atomic mass is 10.1. The minimum absolute atomic E-state index is 0.0240. The van der Waals surface area contributed by atoms with Crippen LogP contribution >= 0.6 is 11.8 Å². The Balaban J connectivity index is 2.36. The fourth-order valence-corrected chi connectivity index (χ4v) is 1.66. The Morgan fingerprint density at radius 1 is 1.32 bits per heavy atom. The van der Waals surface area contributed by atoms with Gasteiger partial charge in [-0.1, -0.05) is 17.3 Å². The lowest BCUT2D eigenvalue weighted by Gasteiger charge is -2.08. The second-order valence-corrected chi connectivity index (χ2v) is 4.71. The lowest BCUT2D eigenvalue weighted by molar-refractivity contribution is -0.0329. The fourth-order valence-electron chi connectivity index (χ4n) is 1.26. The summed E-state index contributed by atoms with van der Waals surface area (Å²) < 4.78 is 40.7. The first-order valence-corrected chi connectivity index (χ1v) is 6.28. The van der Waals surface area contributed by atoms with Crippen molar-refractivity contribution in [3.05, 3.63) is 29.8 Å². The quantitative estimate of drug-likeness (QED) is 0.278. The Kier molecular flexibility index (Phi) is 5.81. The molecule has 106 valence electrons. The van der Waals surface area contributed by atoms with E-state index in [2.05, 4.69) is 5.16 Å². The van der Waals surface area contributed by atoms with Gasteiger partial charge in [0.25, 0.3) is 0 Å². The molecular formula is C11H13F3N2O2S. The van der Waals surface area contributed by atoms with Gasteiger partial charge in [0.1, 0.15) is 11.6 Å². The first kappa shape index (κ1) is 15.5. The van der Waals surface area contributed by atoms with E-state index in [1.807, 2.05) is 0 Å². The third-order valence-corrected chi connectivity index (χ3v) is 2.75. The minimum atomic E-state index is -4.23. The average molecular weight is 294 g/mol. The molecule has 0 aromatic heterocycles. The van der Waals surface area contributed by atoms with E-state index >= 15 is 0 Å². The van der Waals surface area contributed by atoms with Crippen LogP contribution in [-0.4, -0.2) is 28.9 Å². The minimum Gasteiger partial charge on any atom is -0.493 e. The predicted molar refractivity (Wildman–Crippen MR) is 67.6 cm³/mol. The van der Waals surface area contributed by atoms with Crippen molar-refractivity contribution in [2.75, 3.05) is 12.4 Å². The van der Waals surface area contributed by atoms with Gasteiger partial charge in [-0.25, -0.2) is 0 Å². The summed E-state index contributed by atoms with van der Waals surface area (Å²) in [6, 6.07) is 6.64. The zero-order valence-electron chi connectivity index (χ0n) is 9.85. The lowest BCUT2D eigenvalue weighted by Crippen LogP contribution is -2.14. The van der Waals surface area contributed by atoms with Gasteiger partial charge in [-0.05, 0) is 29.5 Å². The number of oxime groups is 1. The van der Waals surface area contributed by atoms with E-state index in [1.165, 1.54) is 0 Å². The van der Waals surface area contributed by atoms with Gasteiger partial charge in [0, 0.05) is 12.2 Å². The molecule has 1 aromatic rings. The van der Waals surface area contributed by atoms with Crippen molar-refractivity contribution in [2.45, 2.75) is 11.9 Å². The van der Waals surface area contributed by atoms with Crippen molar-refractivity contribution in [1.29, 1.82) is 0 Å². The molecule has 8 heteroatoms. The molecule has 0 aliphatic rings. The zero-order chi connectivity index (χ0) is 14.3. The molecule has 0 aliphatic carbocycles. The van der Waals surface area contributed by atoms with E-state index in [0.29, 0.717) is 12.2 Å². The van der Waals surface area contributed by atoms with Crippen LogP contribution in [0.1, 0.15) is 5.56 Å². The highest BCUT2D eigenvalue weighted by atomic mass is 32.2. The molecule has 0 spiro atoms. The second-order valence-electron chi connectivity index (χ2n) is 3.55. The topological polar surface area (TPSA) is 67.8 Å². The molecule has 1 aromatic carbocycles. The number of alkyl halides is 3. The summed E-state index contributed by atoms with van der Waals surface area (Å²) in [6.45, 7) is -0.0240. The summed E-state index contributed by atoms with van der Waals surface area (Å²) in [4.78, 5) is 0. The Hall–Kier alpha value is -1.57. The number of ether oxygens (including phenoxy) is 1. The maximum atomic E-state index is 11.9. The van der Waals surface area contributed by atoms with Crippen LogP contribution in [0.4, 0.5) is 13.2 Å². The summed E-state index contributed by atoms with van der Waals surface area (Å²) in [6.07, 6.45) is 0.292. The number of thioether (sulfide) groups is 1. The standard InChI is InChI=1S/C11H13F3N2O2S/c12-11(13,14)19-6-5-18-9-3-1-8(2-4-9)7-10(15)16-17/h1-4,17H,5-7H2,(H2,15,16). The van der Waals surface area contributed by atoms with Crippen LogP contribution in [0.15, 0.2) is 29.4 Å².